The van der Waals surface area contributed by atoms with Crippen LogP contribution >= 0.6 is 11.8 Å². The average molecular weight is 360 g/mol. The average Bonchev–Trinajstić information content (AvgIpc) is 2.98. The largest absolute Gasteiger partial charge is 0.355 e. The highest BCUT2D eigenvalue weighted by atomic mass is 32.2. The van der Waals surface area contributed by atoms with Crippen LogP contribution in [-0.2, 0) is 11.8 Å². The van der Waals surface area contributed by atoms with Crippen molar-refractivity contribution in [2.45, 2.75) is 44.2 Å². The van der Waals surface area contributed by atoms with Crippen molar-refractivity contribution in [1.82, 2.24) is 19.9 Å². The number of carbonyl (C=O) groups excluding carboxylic acids is 1. The van der Waals surface area contributed by atoms with Gasteiger partial charge < -0.3 is 10.3 Å². The van der Waals surface area contributed by atoms with E-state index in [1.165, 1.54) is 41.2 Å². The number of aryl methyl sites for hydroxylation is 1. The molecule has 0 saturated carbocycles. The molecule has 25 heavy (non-hydrogen) atoms. The standard InChI is InChI=1S/C18H24N4O2S/c1-12-10-14-16(20-12)17(24)22(2)18(21-14)25-11-15(23)19-9-8-13-6-4-3-5-7-13/h6,10,20H,3-5,7-9,11H2,1-2H3,(H,19,23). The van der Waals surface area contributed by atoms with E-state index in [1.54, 1.807) is 7.05 Å². The maximum absolute atomic E-state index is 12.3. The molecule has 2 N–H and O–H groups in total. The molecule has 1 aliphatic carbocycles. The number of aromatic amines is 1. The molecule has 0 spiro atoms. The third-order valence-electron chi connectivity index (χ3n) is 4.44. The summed E-state index contributed by atoms with van der Waals surface area (Å²) < 4.78 is 1.49. The third-order valence-corrected chi connectivity index (χ3v) is 5.47. The first-order valence-electron chi connectivity index (χ1n) is 8.68. The van der Waals surface area contributed by atoms with Gasteiger partial charge in [-0.15, -0.1) is 0 Å². The summed E-state index contributed by atoms with van der Waals surface area (Å²) in [5, 5.41) is 3.51. The van der Waals surface area contributed by atoms with E-state index in [0.29, 0.717) is 22.7 Å². The molecular weight excluding hydrogens is 336 g/mol. The Morgan fingerprint density at radius 2 is 2.28 bits per heavy atom. The predicted molar refractivity (Wildman–Crippen MR) is 101 cm³/mol. The van der Waals surface area contributed by atoms with E-state index in [0.717, 1.165) is 18.5 Å². The number of amides is 1. The molecule has 0 bridgehead atoms. The minimum absolute atomic E-state index is 0.0268. The van der Waals surface area contributed by atoms with Gasteiger partial charge in [-0.1, -0.05) is 23.4 Å². The lowest BCUT2D eigenvalue weighted by Gasteiger charge is -2.13. The van der Waals surface area contributed by atoms with Gasteiger partial charge >= 0.3 is 0 Å². The Bertz CT molecular complexity index is 866. The maximum atomic E-state index is 12.3. The summed E-state index contributed by atoms with van der Waals surface area (Å²) in [7, 11) is 1.68. The van der Waals surface area contributed by atoms with Gasteiger partial charge in [-0.2, -0.15) is 0 Å². The molecule has 1 amide bonds. The highest BCUT2D eigenvalue weighted by Gasteiger charge is 2.12. The number of thioether (sulfide) groups is 1. The molecule has 0 radical (unpaired) electrons. The van der Waals surface area contributed by atoms with Crippen molar-refractivity contribution >= 4 is 28.7 Å². The highest BCUT2D eigenvalue weighted by molar-refractivity contribution is 7.99. The first-order valence-corrected chi connectivity index (χ1v) is 9.67. The van der Waals surface area contributed by atoms with E-state index >= 15 is 0 Å². The summed E-state index contributed by atoms with van der Waals surface area (Å²) in [6.45, 7) is 2.57. The van der Waals surface area contributed by atoms with Crippen LogP contribution < -0.4 is 10.9 Å². The van der Waals surface area contributed by atoms with Gasteiger partial charge in [0.05, 0.1) is 11.3 Å². The Morgan fingerprint density at radius 3 is 3.04 bits per heavy atom. The lowest BCUT2D eigenvalue weighted by molar-refractivity contribution is -0.118. The smallest absolute Gasteiger partial charge is 0.278 e. The fourth-order valence-electron chi connectivity index (χ4n) is 3.06. The Labute approximate surface area is 151 Å². The maximum Gasteiger partial charge on any atom is 0.278 e. The summed E-state index contributed by atoms with van der Waals surface area (Å²) in [4.78, 5) is 31.9. The number of nitrogens with zero attached hydrogens (tertiary/aromatic N) is 2. The Hall–Kier alpha value is -2.02. The van der Waals surface area contributed by atoms with Gasteiger partial charge in [0.1, 0.15) is 5.52 Å². The first kappa shape index (κ1) is 17.8. The zero-order valence-corrected chi connectivity index (χ0v) is 15.5. The van der Waals surface area contributed by atoms with Gasteiger partial charge in [-0.05, 0) is 45.1 Å². The summed E-state index contributed by atoms with van der Waals surface area (Å²) in [6.07, 6.45) is 8.10. The van der Waals surface area contributed by atoms with E-state index in [1.807, 2.05) is 13.0 Å². The SMILES string of the molecule is Cc1cc2nc(SCC(=O)NCCC3=CCCCC3)n(C)c(=O)c2[nH]1. The molecule has 7 heteroatoms. The van der Waals surface area contributed by atoms with E-state index in [2.05, 4.69) is 21.4 Å². The first-order chi connectivity index (χ1) is 12.0. The van der Waals surface area contributed by atoms with Crippen molar-refractivity contribution in [1.29, 1.82) is 0 Å². The van der Waals surface area contributed by atoms with Crippen LogP contribution in [0.4, 0.5) is 0 Å². The number of nitrogens with one attached hydrogen (secondary N) is 2. The second-order valence-corrected chi connectivity index (χ2v) is 7.41. The molecular formula is C18H24N4O2S. The van der Waals surface area contributed by atoms with Crippen LogP contribution in [0, 0.1) is 6.92 Å². The lowest BCUT2D eigenvalue weighted by atomic mass is 9.97. The van der Waals surface area contributed by atoms with E-state index < -0.39 is 0 Å². The van der Waals surface area contributed by atoms with Crippen LogP contribution in [0.15, 0.2) is 27.7 Å². The molecule has 3 rings (SSSR count). The van der Waals surface area contributed by atoms with Gasteiger partial charge in [-0.3, -0.25) is 14.2 Å². The van der Waals surface area contributed by atoms with E-state index in [4.69, 9.17) is 0 Å². The zero-order valence-electron chi connectivity index (χ0n) is 14.7. The van der Waals surface area contributed by atoms with Gasteiger partial charge in [-0.25, -0.2) is 4.98 Å². The quantitative estimate of drug-likeness (QED) is 0.471. The summed E-state index contributed by atoms with van der Waals surface area (Å²) in [5.41, 5.74) is 3.39. The highest BCUT2D eigenvalue weighted by Crippen LogP contribution is 2.20. The number of rotatable bonds is 6. The Kier molecular flexibility index (Phi) is 5.63. The zero-order chi connectivity index (χ0) is 17.8. The fourth-order valence-corrected chi connectivity index (χ4v) is 3.86. The number of aromatic nitrogens is 3. The van der Waals surface area contributed by atoms with Crippen molar-refractivity contribution in [3.8, 4) is 0 Å². The molecule has 6 nitrogen and oxygen atoms in total. The minimum atomic E-state index is -0.120. The van der Waals surface area contributed by atoms with Crippen LogP contribution in [0.1, 0.15) is 37.8 Å². The summed E-state index contributed by atoms with van der Waals surface area (Å²) in [6, 6.07) is 1.85. The topological polar surface area (TPSA) is 79.8 Å². The van der Waals surface area contributed by atoms with Gasteiger partial charge in [0.15, 0.2) is 5.16 Å². The molecule has 0 fully saturated rings. The molecule has 2 heterocycles. The van der Waals surface area contributed by atoms with Crippen molar-refractivity contribution in [2.24, 2.45) is 7.05 Å². The Morgan fingerprint density at radius 1 is 1.44 bits per heavy atom. The molecule has 2 aromatic heterocycles. The molecule has 0 aliphatic heterocycles. The number of carbonyl (C=O) groups is 1. The third kappa shape index (κ3) is 4.34. The molecule has 0 saturated heterocycles. The van der Waals surface area contributed by atoms with Gasteiger partial charge in [0.2, 0.25) is 5.91 Å². The van der Waals surface area contributed by atoms with Crippen molar-refractivity contribution < 1.29 is 4.79 Å². The van der Waals surface area contributed by atoms with Crippen LogP contribution in [-0.4, -0.2) is 32.7 Å². The van der Waals surface area contributed by atoms with Crippen molar-refractivity contribution in [3.05, 3.63) is 33.8 Å². The number of hydrogen-bond donors (Lipinski definition) is 2. The molecule has 134 valence electrons. The summed E-state index contributed by atoms with van der Waals surface area (Å²) >= 11 is 1.29. The predicted octanol–water partition coefficient (Wildman–Crippen LogP) is 2.67. The Balaban J connectivity index is 1.55. The van der Waals surface area contributed by atoms with Crippen LogP contribution in [0.5, 0.6) is 0 Å². The van der Waals surface area contributed by atoms with E-state index in [-0.39, 0.29) is 17.2 Å². The van der Waals surface area contributed by atoms with Crippen molar-refractivity contribution in [3.63, 3.8) is 0 Å². The minimum Gasteiger partial charge on any atom is -0.355 e. The summed E-state index contributed by atoms with van der Waals surface area (Å²) in [5.74, 6) is 0.231. The van der Waals surface area contributed by atoms with Crippen molar-refractivity contribution in [2.75, 3.05) is 12.3 Å². The number of hydrogen-bond acceptors (Lipinski definition) is 4. The number of allylic oxidation sites excluding steroid dienone is 1. The molecule has 0 unspecified atom stereocenters. The van der Waals surface area contributed by atoms with E-state index in [9.17, 15) is 9.59 Å². The van der Waals surface area contributed by atoms with Gasteiger partial charge in [0, 0.05) is 19.3 Å². The monoisotopic (exact) mass is 360 g/mol. The normalized spacial score (nSPS) is 14.6. The van der Waals surface area contributed by atoms with Crippen LogP contribution in [0.3, 0.4) is 0 Å². The molecule has 0 atom stereocenters. The number of H-pyrrole nitrogens is 1. The van der Waals surface area contributed by atoms with Gasteiger partial charge in [0.25, 0.3) is 5.56 Å². The number of fused-ring (bicyclic) bond motifs is 1. The lowest BCUT2D eigenvalue weighted by Crippen LogP contribution is -2.27. The molecule has 1 aliphatic rings. The molecule has 0 aromatic carbocycles. The van der Waals surface area contributed by atoms with Crippen LogP contribution in [0.25, 0.3) is 11.0 Å². The van der Waals surface area contributed by atoms with Crippen LogP contribution in [0.2, 0.25) is 0 Å². The molecule has 2 aromatic rings. The second kappa shape index (κ2) is 7.91. The fraction of sp³-hybridized carbons (Fsp3) is 0.500. The second-order valence-electron chi connectivity index (χ2n) is 6.47.